The fourth-order valence-corrected chi connectivity index (χ4v) is 4.14. The molecule has 8 nitrogen and oxygen atoms in total. The van der Waals surface area contributed by atoms with E-state index in [2.05, 4.69) is 15.6 Å². The molecule has 3 heterocycles. The molecule has 1 aromatic rings. The van der Waals surface area contributed by atoms with Gasteiger partial charge in [0.15, 0.2) is 17.5 Å². The van der Waals surface area contributed by atoms with E-state index in [0.717, 1.165) is 13.1 Å². The van der Waals surface area contributed by atoms with Crippen LogP contribution in [0.2, 0.25) is 0 Å². The van der Waals surface area contributed by atoms with Crippen molar-refractivity contribution in [2.24, 2.45) is 16.1 Å². The lowest BCUT2D eigenvalue weighted by Gasteiger charge is -2.39. The molecule has 1 spiro atoms. The molecule has 2 fully saturated rings. The van der Waals surface area contributed by atoms with Gasteiger partial charge in [-0.25, -0.2) is 18.0 Å². The van der Waals surface area contributed by atoms with Crippen LogP contribution < -0.4 is 16.4 Å². The number of aliphatic imine (C=N–C) groups is 1. The van der Waals surface area contributed by atoms with Gasteiger partial charge in [0.25, 0.3) is 0 Å². The highest BCUT2D eigenvalue weighted by molar-refractivity contribution is 6.07. The zero-order valence-electron chi connectivity index (χ0n) is 16.9. The van der Waals surface area contributed by atoms with Gasteiger partial charge < -0.3 is 26.2 Å². The lowest BCUT2D eigenvalue weighted by Crippen LogP contribution is -2.55. The average molecular weight is 436 g/mol. The molecule has 0 saturated carbocycles. The molecule has 0 unspecified atom stereocenters. The second kappa shape index (κ2) is 7.88. The maximum absolute atomic E-state index is 13.5. The largest absolute Gasteiger partial charge is 0.403 e. The molecule has 0 radical (unpaired) electrons. The number of amides is 3. The highest BCUT2D eigenvalue weighted by Crippen LogP contribution is 2.37. The number of carbonyl (C=O) groups excluding carboxylic acids is 2. The Morgan fingerprint density at radius 1 is 1.32 bits per heavy atom. The predicted octanol–water partition coefficient (Wildman–Crippen LogP) is 1.40. The van der Waals surface area contributed by atoms with E-state index in [4.69, 9.17) is 5.73 Å². The number of benzene rings is 1. The summed E-state index contributed by atoms with van der Waals surface area (Å²) >= 11 is 0. The number of rotatable bonds is 3. The molecule has 4 rings (SSSR count). The minimum Gasteiger partial charge on any atom is -0.403 e. The Labute approximate surface area is 177 Å². The minimum absolute atomic E-state index is 0.0483. The van der Waals surface area contributed by atoms with Crippen LogP contribution in [0.3, 0.4) is 0 Å². The van der Waals surface area contributed by atoms with Gasteiger partial charge in [0, 0.05) is 55.5 Å². The Bertz CT molecular complexity index is 968. The number of hydrogen-bond acceptors (Lipinski definition) is 5. The van der Waals surface area contributed by atoms with Crippen molar-refractivity contribution in [1.82, 2.24) is 15.1 Å². The van der Waals surface area contributed by atoms with E-state index >= 15 is 0 Å². The topological polar surface area (TPSA) is 103 Å². The number of anilines is 1. The van der Waals surface area contributed by atoms with Gasteiger partial charge in [-0.1, -0.05) is 0 Å². The first-order valence-corrected chi connectivity index (χ1v) is 9.92. The number of halogens is 3. The molecule has 166 valence electrons. The van der Waals surface area contributed by atoms with Crippen LogP contribution in [-0.2, 0) is 4.79 Å². The highest BCUT2D eigenvalue weighted by Gasteiger charge is 2.48. The molecule has 2 saturated heterocycles. The van der Waals surface area contributed by atoms with Crippen molar-refractivity contribution < 1.29 is 22.8 Å². The monoisotopic (exact) mass is 436 g/mol. The van der Waals surface area contributed by atoms with Crippen molar-refractivity contribution in [2.45, 2.75) is 19.4 Å². The van der Waals surface area contributed by atoms with E-state index in [1.165, 1.54) is 11.1 Å². The van der Waals surface area contributed by atoms with Crippen LogP contribution in [0.1, 0.15) is 13.3 Å². The Hall–Kier alpha value is -3.08. The van der Waals surface area contributed by atoms with Crippen LogP contribution >= 0.6 is 0 Å². The number of nitrogens with two attached hydrogens (primary N) is 1. The Morgan fingerprint density at radius 2 is 2.00 bits per heavy atom. The van der Waals surface area contributed by atoms with Crippen LogP contribution in [0.25, 0.3) is 0 Å². The van der Waals surface area contributed by atoms with Crippen molar-refractivity contribution in [2.75, 3.05) is 38.0 Å². The fraction of sp³-hybridized carbons (Fsp3) is 0.450. The van der Waals surface area contributed by atoms with Gasteiger partial charge in [0.05, 0.1) is 30.5 Å². The quantitative estimate of drug-likeness (QED) is 0.624. The lowest BCUT2D eigenvalue weighted by molar-refractivity contribution is -0.126. The smallest absolute Gasteiger partial charge is 0.322 e. The second-order valence-electron chi connectivity index (χ2n) is 8.26. The summed E-state index contributed by atoms with van der Waals surface area (Å²) < 4.78 is 40.1. The van der Waals surface area contributed by atoms with Gasteiger partial charge in [0.2, 0.25) is 5.91 Å². The molecule has 0 aromatic heterocycles. The van der Waals surface area contributed by atoms with Gasteiger partial charge in [-0.2, -0.15) is 0 Å². The highest BCUT2D eigenvalue weighted by atomic mass is 19.2. The predicted molar refractivity (Wildman–Crippen MR) is 108 cm³/mol. The Morgan fingerprint density at radius 3 is 2.55 bits per heavy atom. The molecule has 1 atom stereocenters. The number of urea groups is 1. The van der Waals surface area contributed by atoms with Gasteiger partial charge in [0.1, 0.15) is 0 Å². The van der Waals surface area contributed by atoms with E-state index in [-0.39, 0.29) is 36.1 Å². The van der Waals surface area contributed by atoms with Crippen molar-refractivity contribution in [3.63, 3.8) is 0 Å². The maximum Gasteiger partial charge on any atom is 0.322 e. The summed E-state index contributed by atoms with van der Waals surface area (Å²) in [6, 6.07) is 0.476. The normalized spacial score (nSPS) is 23.1. The third-order valence-electron chi connectivity index (χ3n) is 5.96. The molecular formula is C20H23F3N6O2. The standard InChI is InChI=1S/C20H23F3N6O2/c1-11-6-26-15(16(5-24)29-10-20(4-17(29)30)8-25-9-20)7-28(11)19(31)27-12-2-13(21)18(23)14(22)3-12/h2-3,5,11,25H,4,6-10,24H2,1H3,(H,27,31)/t11-/m0/s1. The third-order valence-corrected chi connectivity index (χ3v) is 5.96. The summed E-state index contributed by atoms with van der Waals surface area (Å²) in [4.78, 5) is 32.9. The molecule has 0 bridgehead atoms. The summed E-state index contributed by atoms with van der Waals surface area (Å²) in [5, 5.41) is 5.57. The first-order chi connectivity index (χ1) is 14.7. The summed E-state index contributed by atoms with van der Waals surface area (Å²) in [6.07, 6.45) is 1.74. The molecule has 3 aliphatic rings. The van der Waals surface area contributed by atoms with Crippen LogP contribution in [0.4, 0.5) is 23.7 Å². The second-order valence-corrected chi connectivity index (χ2v) is 8.26. The molecule has 11 heteroatoms. The summed E-state index contributed by atoms with van der Waals surface area (Å²) in [6.45, 7) is 4.13. The SMILES string of the molecule is C[C@H]1CN=C(C(=CN)N2CC3(CNC3)CC2=O)CN1C(=O)Nc1cc(F)c(F)c(F)c1. The first-order valence-electron chi connectivity index (χ1n) is 9.92. The zero-order chi connectivity index (χ0) is 22.3. The number of nitrogens with one attached hydrogen (secondary N) is 2. The average Bonchev–Trinajstić information content (AvgIpc) is 3.06. The molecule has 3 amide bonds. The van der Waals surface area contributed by atoms with Gasteiger partial charge in [-0.05, 0) is 6.92 Å². The van der Waals surface area contributed by atoms with Crippen LogP contribution in [0, 0.1) is 22.9 Å². The van der Waals surface area contributed by atoms with Gasteiger partial charge in [-0.15, -0.1) is 0 Å². The van der Waals surface area contributed by atoms with Crippen molar-refractivity contribution >= 4 is 23.3 Å². The van der Waals surface area contributed by atoms with Crippen LogP contribution in [-0.4, -0.2) is 66.2 Å². The van der Waals surface area contributed by atoms with Crippen molar-refractivity contribution in [1.29, 1.82) is 0 Å². The fourth-order valence-electron chi connectivity index (χ4n) is 4.14. The number of hydrogen-bond donors (Lipinski definition) is 3. The Kier molecular flexibility index (Phi) is 5.38. The summed E-state index contributed by atoms with van der Waals surface area (Å²) in [5.41, 5.74) is 6.46. The molecule has 4 N–H and O–H groups in total. The van der Waals surface area contributed by atoms with Gasteiger partial charge >= 0.3 is 6.03 Å². The Balaban J connectivity index is 1.49. The first kappa shape index (κ1) is 21.2. The van der Waals surface area contributed by atoms with Crippen LogP contribution in [0.5, 0.6) is 0 Å². The maximum atomic E-state index is 13.5. The number of nitrogens with zero attached hydrogens (tertiary/aromatic N) is 3. The van der Waals surface area contributed by atoms with Crippen molar-refractivity contribution in [3.8, 4) is 0 Å². The summed E-state index contributed by atoms with van der Waals surface area (Å²) in [7, 11) is 0. The molecule has 1 aromatic carbocycles. The zero-order valence-corrected chi connectivity index (χ0v) is 16.9. The summed E-state index contributed by atoms with van der Waals surface area (Å²) in [5.74, 6) is -4.45. The van der Waals surface area contributed by atoms with Gasteiger partial charge in [-0.3, -0.25) is 9.79 Å². The molecule has 31 heavy (non-hydrogen) atoms. The third kappa shape index (κ3) is 3.85. The van der Waals surface area contributed by atoms with E-state index in [9.17, 15) is 22.8 Å². The van der Waals surface area contributed by atoms with E-state index in [0.29, 0.717) is 36.5 Å². The molecule has 0 aliphatic carbocycles. The minimum atomic E-state index is -1.61. The number of carbonyl (C=O) groups is 2. The van der Waals surface area contributed by atoms with Crippen molar-refractivity contribution in [3.05, 3.63) is 41.5 Å². The van der Waals surface area contributed by atoms with E-state index in [1.54, 1.807) is 11.8 Å². The molecular weight excluding hydrogens is 413 g/mol. The molecule has 3 aliphatic heterocycles. The lowest BCUT2D eigenvalue weighted by atomic mass is 9.81. The number of likely N-dealkylation sites (tertiary alicyclic amines) is 1. The van der Waals surface area contributed by atoms with E-state index < -0.39 is 23.5 Å². The van der Waals surface area contributed by atoms with Crippen LogP contribution in [0.15, 0.2) is 29.0 Å². The van der Waals surface area contributed by atoms with E-state index in [1.807, 2.05) is 0 Å².